The molecule has 0 saturated carbocycles. The highest BCUT2D eigenvalue weighted by atomic mass is 16.3. The summed E-state index contributed by atoms with van der Waals surface area (Å²) in [6.07, 6.45) is 0. The van der Waals surface area contributed by atoms with Crippen LogP contribution in [0.3, 0.4) is 0 Å². The van der Waals surface area contributed by atoms with Crippen molar-refractivity contribution in [2.75, 3.05) is 4.90 Å². The first-order chi connectivity index (χ1) is 25.3. The number of para-hydroxylation sites is 1. The quantitative estimate of drug-likeness (QED) is 0.179. The lowest BCUT2D eigenvalue weighted by molar-refractivity contribution is 0.664. The Labute approximate surface area is 295 Å². The molecule has 0 aliphatic rings. The van der Waals surface area contributed by atoms with Crippen LogP contribution in [0.15, 0.2) is 197 Å². The summed E-state index contributed by atoms with van der Waals surface area (Å²) in [6.45, 7) is 0. The maximum Gasteiger partial charge on any atom is 0.136 e. The maximum absolute atomic E-state index is 6.51. The zero-order valence-corrected chi connectivity index (χ0v) is 27.7. The van der Waals surface area contributed by atoms with Gasteiger partial charge in [0.15, 0.2) is 0 Å². The summed E-state index contributed by atoms with van der Waals surface area (Å²) in [6, 6.07) is 66.1. The van der Waals surface area contributed by atoms with E-state index >= 15 is 0 Å². The van der Waals surface area contributed by atoms with Crippen molar-refractivity contribution in [2.24, 2.45) is 0 Å². The van der Waals surface area contributed by atoms with Gasteiger partial charge in [0.2, 0.25) is 0 Å². The van der Waals surface area contributed by atoms with E-state index in [0.29, 0.717) is 0 Å². The molecule has 2 aromatic heterocycles. The predicted octanol–water partition coefficient (Wildman–Crippen LogP) is 14.0. The molecule has 8 aromatic carbocycles. The summed E-state index contributed by atoms with van der Waals surface area (Å²) in [4.78, 5) is 2.30. The third-order valence-corrected chi connectivity index (χ3v) is 9.88. The lowest BCUT2D eigenvalue weighted by Gasteiger charge is -2.25. The Kier molecular flexibility index (Phi) is 6.81. The van der Waals surface area contributed by atoms with Gasteiger partial charge in [-0.15, -0.1) is 0 Å². The van der Waals surface area contributed by atoms with Gasteiger partial charge in [-0.1, -0.05) is 127 Å². The van der Waals surface area contributed by atoms with Crippen molar-refractivity contribution in [1.29, 1.82) is 0 Å². The first-order valence-electron chi connectivity index (χ1n) is 17.2. The molecule has 3 heteroatoms. The van der Waals surface area contributed by atoms with Crippen molar-refractivity contribution < 1.29 is 8.83 Å². The van der Waals surface area contributed by atoms with Crippen molar-refractivity contribution in [3.8, 4) is 33.4 Å². The molecule has 0 bridgehead atoms. The van der Waals surface area contributed by atoms with Crippen molar-refractivity contribution in [1.82, 2.24) is 0 Å². The van der Waals surface area contributed by atoms with Gasteiger partial charge >= 0.3 is 0 Å². The molecule has 0 spiro atoms. The van der Waals surface area contributed by atoms with Crippen LogP contribution in [-0.2, 0) is 0 Å². The minimum atomic E-state index is 0.842. The summed E-state index contributed by atoms with van der Waals surface area (Å²) < 4.78 is 13.0. The van der Waals surface area contributed by atoms with Gasteiger partial charge in [0.25, 0.3) is 0 Å². The van der Waals surface area contributed by atoms with Crippen LogP contribution in [0.2, 0.25) is 0 Å². The van der Waals surface area contributed by atoms with E-state index in [1.165, 1.54) is 22.3 Å². The second-order valence-corrected chi connectivity index (χ2v) is 12.9. The van der Waals surface area contributed by atoms with Gasteiger partial charge in [-0.25, -0.2) is 0 Å². The Morgan fingerprint density at radius 3 is 1.47 bits per heavy atom. The number of nitrogens with zero attached hydrogens (tertiary/aromatic N) is 1. The summed E-state index contributed by atoms with van der Waals surface area (Å²) in [5, 5.41) is 4.23. The van der Waals surface area contributed by atoms with Crippen molar-refractivity contribution in [3.63, 3.8) is 0 Å². The van der Waals surface area contributed by atoms with Crippen LogP contribution >= 0.6 is 0 Å². The van der Waals surface area contributed by atoms with E-state index < -0.39 is 0 Å². The van der Waals surface area contributed by atoms with Gasteiger partial charge in [-0.2, -0.15) is 0 Å². The van der Waals surface area contributed by atoms with E-state index in [0.717, 1.165) is 72.1 Å². The van der Waals surface area contributed by atoms with Crippen molar-refractivity contribution in [3.05, 3.63) is 188 Å². The first-order valence-corrected chi connectivity index (χ1v) is 17.2. The summed E-state index contributed by atoms with van der Waals surface area (Å²) >= 11 is 0. The predicted molar refractivity (Wildman–Crippen MR) is 212 cm³/mol. The fourth-order valence-electron chi connectivity index (χ4n) is 7.39. The molecular weight excluding hydrogens is 623 g/mol. The van der Waals surface area contributed by atoms with Gasteiger partial charge in [-0.3, -0.25) is 0 Å². The van der Waals surface area contributed by atoms with E-state index in [1.807, 2.05) is 12.1 Å². The summed E-state index contributed by atoms with van der Waals surface area (Å²) in [7, 11) is 0. The number of fused-ring (bicyclic) bond motifs is 6. The number of benzene rings is 8. The summed E-state index contributed by atoms with van der Waals surface area (Å²) in [5.41, 5.74) is 13.7. The van der Waals surface area contributed by atoms with Crippen LogP contribution in [0.1, 0.15) is 0 Å². The Balaban J connectivity index is 1.06. The Hall–Kier alpha value is -6.84. The normalized spacial score (nSPS) is 11.5. The largest absolute Gasteiger partial charge is 0.456 e. The van der Waals surface area contributed by atoms with Crippen LogP contribution in [0.4, 0.5) is 17.1 Å². The molecule has 0 aliphatic carbocycles. The molecule has 51 heavy (non-hydrogen) atoms. The van der Waals surface area contributed by atoms with Gasteiger partial charge in [0, 0.05) is 38.6 Å². The molecule has 0 aliphatic heterocycles. The summed E-state index contributed by atoms with van der Waals surface area (Å²) in [5.74, 6) is 0. The molecule has 2 heterocycles. The van der Waals surface area contributed by atoms with E-state index in [-0.39, 0.29) is 0 Å². The highest BCUT2D eigenvalue weighted by molar-refractivity contribution is 6.18. The SMILES string of the molecule is c1ccc(-c2ccc(-c3ccc(N(c4ccccc4)c4ccc5oc6cc7c(cc6c5c4)oc4cccc(-c5ccccc5)c47)cc3)cc2)cc1. The van der Waals surface area contributed by atoms with E-state index in [9.17, 15) is 0 Å². The molecular formula is C48H31NO2. The average molecular weight is 654 g/mol. The van der Waals surface area contributed by atoms with E-state index in [4.69, 9.17) is 8.83 Å². The molecule has 0 radical (unpaired) electrons. The molecule has 3 nitrogen and oxygen atoms in total. The first kappa shape index (κ1) is 29.1. The third kappa shape index (κ3) is 5.06. The molecule has 0 amide bonds. The fourth-order valence-corrected chi connectivity index (χ4v) is 7.39. The van der Waals surface area contributed by atoms with Crippen LogP contribution in [0.25, 0.3) is 77.3 Å². The molecule has 0 atom stereocenters. The third-order valence-electron chi connectivity index (χ3n) is 9.88. The van der Waals surface area contributed by atoms with Crippen molar-refractivity contribution >= 4 is 60.9 Å². The van der Waals surface area contributed by atoms with Crippen LogP contribution in [-0.4, -0.2) is 0 Å². The maximum atomic E-state index is 6.51. The zero-order valence-electron chi connectivity index (χ0n) is 27.7. The average Bonchev–Trinajstić information content (AvgIpc) is 3.75. The van der Waals surface area contributed by atoms with Gasteiger partial charge in [0.1, 0.15) is 22.3 Å². The highest BCUT2D eigenvalue weighted by Gasteiger charge is 2.19. The molecule has 0 unspecified atom stereocenters. The Morgan fingerprint density at radius 2 is 0.784 bits per heavy atom. The fraction of sp³-hybridized carbons (Fsp3) is 0. The second-order valence-electron chi connectivity index (χ2n) is 12.9. The molecule has 0 saturated heterocycles. The van der Waals surface area contributed by atoms with Gasteiger partial charge in [-0.05, 0) is 94.0 Å². The lowest BCUT2D eigenvalue weighted by atomic mass is 9.99. The Morgan fingerprint density at radius 1 is 0.294 bits per heavy atom. The van der Waals surface area contributed by atoms with Gasteiger partial charge in [0.05, 0.1) is 0 Å². The van der Waals surface area contributed by atoms with Crippen molar-refractivity contribution in [2.45, 2.75) is 0 Å². The minimum absolute atomic E-state index is 0.842. The highest BCUT2D eigenvalue weighted by Crippen LogP contribution is 2.43. The number of rotatable bonds is 6. The molecule has 0 fully saturated rings. The molecule has 10 aromatic rings. The molecule has 0 N–H and O–H groups in total. The minimum Gasteiger partial charge on any atom is -0.456 e. The topological polar surface area (TPSA) is 29.5 Å². The van der Waals surface area contributed by atoms with Gasteiger partial charge < -0.3 is 13.7 Å². The monoisotopic (exact) mass is 653 g/mol. The lowest BCUT2D eigenvalue weighted by Crippen LogP contribution is -2.09. The van der Waals surface area contributed by atoms with Crippen LogP contribution in [0, 0.1) is 0 Å². The number of hydrogen-bond acceptors (Lipinski definition) is 3. The van der Waals surface area contributed by atoms with Crippen LogP contribution in [0.5, 0.6) is 0 Å². The number of hydrogen-bond donors (Lipinski definition) is 0. The molecule has 10 rings (SSSR count). The number of furan rings is 2. The van der Waals surface area contributed by atoms with Crippen LogP contribution < -0.4 is 4.90 Å². The smallest absolute Gasteiger partial charge is 0.136 e. The number of anilines is 3. The Bertz CT molecular complexity index is 2820. The second kappa shape index (κ2) is 11.9. The molecule has 240 valence electrons. The standard InChI is InChI=1S/C48H31NO2/c1-4-11-32(12-5-1)33-19-21-34(22-20-33)35-23-25-38(26-24-35)49(37-15-8-3-9-16-37)39-27-28-44-41(29-39)42-30-47-43(31-46(42)50-44)48-40(17-10-18-45(48)51-47)36-13-6-2-7-14-36/h1-31H. The zero-order chi connectivity index (χ0) is 33.7. The van der Waals surface area contributed by atoms with E-state index in [2.05, 4.69) is 181 Å². The van der Waals surface area contributed by atoms with E-state index in [1.54, 1.807) is 0 Å².